The Morgan fingerprint density at radius 1 is 1.06 bits per heavy atom. The number of anilines is 1. The fraction of sp³-hybridized carbons (Fsp3) is 0.333. The lowest BCUT2D eigenvalue weighted by atomic mass is 9.69. The van der Waals surface area contributed by atoms with Crippen LogP contribution in [0.4, 0.5) is 18.9 Å². The van der Waals surface area contributed by atoms with Crippen LogP contribution in [-0.4, -0.2) is 11.8 Å². The van der Waals surface area contributed by atoms with Crippen molar-refractivity contribution in [2.24, 2.45) is 11.7 Å². The Labute approximate surface area is 189 Å². The minimum absolute atomic E-state index is 0.165. The van der Waals surface area contributed by atoms with Crippen molar-refractivity contribution in [1.82, 2.24) is 0 Å². The maximum absolute atomic E-state index is 13.5. The molecule has 4 nitrogen and oxygen atoms in total. The summed E-state index contributed by atoms with van der Waals surface area (Å²) in [5, 5.41) is 0.165. The van der Waals surface area contributed by atoms with E-state index in [0.717, 1.165) is 42.4 Å². The first-order valence-corrected chi connectivity index (χ1v) is 10.5. The van der Waals surface area contributed by atoms with Gasteiger partial charge in [-0.2, -0.15) is 13.2 Å². The monoisotopic (exact) mass is 462 g/mol. The van der Waals surface area contributed by atoms with Gasteiger partial charge in [0.25, 0.3) is 0 Å². The van der Waals surface area contributed by atoms with Gasteiger partial charge in [-0.1, -0.05) is 55.1 Å². The zero-order chi connectivity index (χ0) is 23.5. The molecule has 0 heterocycles. The number of carbonyl (C=O) groups is 2. The van der Waals surface area contributed by atoms with Gasteiger partial charge in [0.05, 0.1) is 5.56 Å². The molecule has 0 radical (unpaired) electrons. The Kier molecular flexibility index (Phi) is 6.85. The minimum Gasteiger partial charge on any atom is -0.367 e. The highest BCUT2D eigenvalue weighted by Gasteiger charge is 2.54. The Balaban J connectivity index is 2.38. The molecule has 1 aliphatic carbocycles. The normalized spacial score (nSPS) is 16.6. The lowest BCUT2D eigenvalue weighted by molar-refractivity contribution is -0.137. The number of halogens is 4. The third-order valence-corrected chi connectivity index (χ3v) is 6.30. The van der Waals surface area contributed by atoms with Gasteiger partial charge in [0.15, 0.2) is 5.54 Å². The van der Waals surface area contributed by atoms with E-state index in [9.17, 15) is 22.8 Å². The van der Waals surface area contributed by atoms with Crippen molar-refractivity contribution >= 4 is 29.1 Å². The molecule has 1 unspecified atom stereocenters. The molecule has 2 aromatic rings. The first kappa shape index (κ1) is 23.7. The molecule has 0 saturated heterocycles. The van der Waals surface area contributed by atoms with Crippen LogP contribution in [0.25, 0.3) is 0 Å². The first-order chi connectivity index (χ1) is 15.1. The molecule has 0 aromatic heterocycles. The molecular weight excluding hydrogens is 441 g/mol. The highest BCUT2D eigenvalue weighted by atomic mass is 35.5. The molecule has 1 atom stereocenters. The number of hydrogen-bond donors (Lipinski definition) is 1. The number of benzene rings is 2. The predicted molar refractivity (Wildman–Crippen MR) is 117 cm³/mol. The molecule has 2 N–H and O–H groups in total. The van der Waals surface area contributed by atoms with Crippen molar-refractivity contribution in [2.45, 2.75) is 43.8 Å². The van der Waals surface area contributed by atoms with E-state index in [1.54, 1.807) is 24.3 Å². The van der Waals surface area contributed by atoms with Crippen molar-refractivity contribution in [1.29, 1.82) is 0 Å². The van der Waals surface area contributed by atoms with Crippen LogP contribution in [-0.2, 0) is 21.3 Å². The van der Waals surface area contributed by atoms with Gasteiger partial charge in [-0.3, -0.25) is 14.5 Å². The van der Waals surface area contributed by atoms with E-state index in [1.807, 2.05) is 5.92 Å². The van der Waals surface area contributed by atoms with E-state index in [4.69, 9.17) is 23.8 Å². The van der Waals surface area contributed by atoms with Gasteiger partial charge in [0, 0.05) is 16.3 Å². The van der Waals surface area contributed by atoms with Crippen LogP contribution < -0.4 is 10.6 Å². The second-order valence-corrected chi connectivity index (χ2v) is 8.19. The lowest BCUT2D eigenvalue weighted by Crippen LogP contribution is -2.62. The van der Waals surface area contributed by atoms with Gasteiger partial charge in [0.1, 0.15) is 0 Å². The number of terminal acetylenes is 1. The number of carbonyl (C=O) groups excluding carboxylic acids is 2. The summed E-state index contributed by atoms with van der Waals surface area (Å²) >= 11 is 6.48. The molecule has 168 valence electrons. The average molecular weight is 463 g/mol. The van der Waals surface area contributed by atoms with E-state index in [-0.39, 0.29) is 16.3 Å². The topological polar surface area (TPSA) is 63.4 Å². The van der Waals surface area contributed by atoms with Crippen LogP contribution in [0.3, 0.4) is 0 Å². The van der Waals surface area contributed by atoms with Gasteiger partial charge in [-0.05, 0) is 48.9 Å². The lowest BCUT2D eigenvalue weighted by Gasteiger charge is -2.47. The highest BCUT2D eigenvalue weighted by molar-refractivity contribution is 6.32. The van der Waals surface area contributed by atoms with Crippen molar-refractivity contribution in [3.63, 3.8) is 0 Å². The summed E-state index contributed by atoms with van der Waals surface area (Å²) in [7, 11) is 0. The first-order valence-electron chi connectivity index (χ1n) is 10.2. The Bertz CT molecular complexity index is 1060. The fourth-order valence-corrected chi connectivity index (χ4v) is 4.90. The second-order valence-electron chi connectivity index (χ2n) is 7.78. The van der Waals surface area contributed by atoms with E-state index in [0.29, 0.717) is 12.8 Å². The smallest absolute Gasteiger partial charge is 0.367 e. The summed E-state index contributed by atoms with van der Waals surface area (Å²) in [5.74, 6) is -0.403. The van der Waals surface area contributed by atoms with Crippen LogP contribution >= 0.6 is 11.6 Å². The number of nitrogens with two attached hydrogens (primary N) is 1. The molecular formula is C24H22ClF3N2O2. The van der Waals surface area contributed by atoms with Crippen molar-refractivity contribution in [3.05, 3.63) is 64.7 Å². The zero-order valence-electron chi connectivity index (χ0n) is 17.2. The minimum atomic E-state index is -4.66. The summed E-state index contributed by atoms with van der Waals surface area (Å²) < 4.78 is 40.4. The zero-order valence-corrected chi connectivity index (χ0v) is 17.9. The summed E-state index contributed by atoms with van der Waals surface area (Å²) in [4.78, 5) is 27.3. The molecule has 32 heavy (non-hydrogen) atoms. The second kappa shape index (κ2) is 9.25. The maximum atomic E-state index is 13.5. The molecule has 0 spiro atoms. The molecule has 0 aliphatic heterocycles. The molecule has 8 heteroatoms. The van der Waals surface area contributed by atoms with Gasteiger partial charge in [-0.25, -0.2) is 0 Å². The standard InChI is InChI=1S/C24H22ClF3N2O2/c1-2-21(31)30(18-12-8-11-17(15-18)24(26,27)28)23(22(29)32,16-9-4-3-5-10-16)19-13-6-7-14-20(19)25/h1,6-8,11-16H,3-5,9-10H2,(H2,29,32). The maximum Gasteiger partial charge on any atom is 0.416 e. The third kappa shape index (κ3) is 4.20. The number of rotatable bonds is 5. The highest BCUT2D eigenvalue weighted by Crippen LogP contribution is 2.48. The van der Waals surface area contributed by atoms with Gasteiger partial charge in [0.2, 0.25) is 5.91 Å². The van der Waals surface area contributed by atoms with Crippen molar-refractivity contribution in [2.75, 3.05) is 4.90 Å². The van der Waals surface area contributed by atoms with Crippen LogP contribution in [0, 0.1) is 18.3 Å². The van der Waals surface area contributed by atoms with Crippen LogP contribution in [0.2, 0.25) is 5.02 Å². The number of amides is 2. The largest absolute Gasteiger partial charge is 0.416 e. The van der Waals surface area contributed by atoms with Crippen LogP contribution in [0.5, 0.6) is 0 Å². The quantitative estimate of drug-likeness (QED) is 0.614. The van der Waals surface area contributed by atoms with E-state index >= 15 is 0 Å². The molecule has 2 aromatic carbocycles. The van der Waals surface area contributed by atoms with Gasteiger partial charge in [-0.15, -0.1) is 6.42 Å². The fourth-order valence-electron chi connectivity index (χ4n) is 4.62. The third-order valence-electron chi connectivity index (χ3n) is 5.97. The molecule has 1 aliphatic rings. The van der Waals surface area contributed by atoms with Gasteiger partial charge >= 0.3 is 12.1 Å². The Morgan fingerprint density at radius 2 is 1.72 bits per heavy atom. The molecule has 1 saturated carbocycles. The van der Waals surface area contributed by atoms with E-state index < -0.39 is 35.0 Å². The van der Waals surface area contributed by atoms with E-state index in [1.165, 1.54) is 6.07 Å². The number of alkyl halides is 3. The average Bonchev–Trinajstić information content (AvgIpc) is 2.77. The molecule has 2 amide bonds. The molecule has 3 rings (SSSR count). The summed E-state index contributed by atoms with van der Waals surface area (Å²) in [6, 6.07) is 10.5. The molecule has 0 bridgehead atoms. The summed E-state index contributed by atoms with van der Waals surface area (Å²) in [6.07, 6.45) is 4.29. The molecule has 1 fully saturated rings. The SMILES string of the molecule is C#CC(=O)N(c1cccc(C(F)(F)F)c1)C(C(N)=O)(c1ccccc1Cl)C1CCCCC1. The number of primary amides is 1. The Hall–Kier alpha value is -2.98. The Morgan fingerprint density at radius 3 is 2.28 bits per heavy atom. The van der Waals surface area contributed by atoms with Crippen molar-refractivity contribution < 1.29 is 22.8 Å². The summed E-state index contributed by atoms with van der Waals surface area (Å²) in [5.41, 5.74) is 3.20. The number of hydrogen-bond acceptors (Lipinski definition) is 2. The van der Waals surface area contributed by atoms with Crippen LogP contribution in [0.15, 0.2) is 48.5 Å². The van der Waals surface area contributed by atoms with Crippen LogP contribution in [0.1, 0.15) is 43.2 Å². The number of nitrogens with zero attached hydrogens (tertiary/aromatic N) is 1. The predicted octanol–water partition coefficient (Wildman–Crippen LogP) is 5.29. The van der Waals surface area contributed by atoms with Gasteiger partial charge < -0.3 is 5.73 Å². The van der Waals surface area contributed by atoms with Crippen molar-refractivity contribution in [3.8, 4) is 12.3 Å². The summed E-state index contributed by atoms with van der Waals surface area (Å²) in [6.45, 7) is 0. The van der Waals surface area contributed by atoms with E-state index in [2.05, 4.69) is 0 Å².